The number of nitrogens with one attached hydrogen (secondary N) is 2. The molecule has 0 bridgehead atoms. The average Bonchev–Trinajstić information content (AvgIpc) is 3.25. The van der Waals surface area contributed by atoms with Crippen molar-refractivity contribution >= 4 is 17.5 Å². The van der Waals surface area contributed by atoms with Crippen LogP contribution in [0.15, 0.2) is 59.2 Å². The van der Waals surface area contributed by atoms with Crippen LogP contribution in [0.3, 0.4) is 0 Å². The highest BCUT2D eigenvalue weighted by atomic mass is 19.1. The predicted molar refractivity (Wildman–Crippen MR) is 127 cm³/mol. The van der Waals surface area contributed by atoms with Gasteiger partial charge in [-0.1, -0.05) is 23.4 Å². The zero-order valence-electron chi connectivity index (χ0n) is 19.4. The minimum absolute atomic E-state index is 0.187. The van der Waals surface area contributed by atoms with E-state index in [1.165, 1.54) is 12.3 Å². The molecule has 176 valence electrons. The summed E-state index contributed by atoms with van der Waals surface area (Å²) in [7, 11) is 0. The molecular weight excluding hydrogens is 435 g/mol. The van der Waals surface area contributed by atoms with Crippen molar-refractivity contribution in [1.82, 2.24) is 15.5 Å². The van der Waals surface area contributed by atoms with E-state index in [9.17, 15) is 14.0 Å². The fraction of sp³-hybridized carbons (Fsp3) is 0.308. The van der Waals surface area contributed by atoms with Gasteiger partial charge in [-0.05, 0) is 75.3 Å². The van der Waals surface area contributed by atoms with E-state index in [1.54, 1.807) is 13.1 Å². The number of anilines is 1. The standard InChI is InChI=1S/C26H27FN4O3/c1-15-12-13-28-17(3)23(15)18-6-10-21(11-7-18)29-26(33)24(19-4-8-20(27)9-5-19)30-25(32)22-14-34-31-16(22)2/h6-8,10-14,19,24H,4-5,9H2,1-3H3,(H,29,33)(H,30,32)/t19-,24?/m1/s1. The Kier molecular flexibility index (Phi) is 6.86. The van der Waals surface area contributed by atoms with Crippen LogP contribution in [0.2, 0.25) is 0 Å². The summed E-state index contributed by atoms with van der Waals surface area (Å²) < 4.78 is 18.4. The molecule has 2 aromatic heterocycles. The highest BCUT2D eigenvalue weighted by Crippen LogP contribution is 2.29. The number of halogens is 1. The molecule has 0 aliphatic heterocycles. The van der Waals surface area contributed by atoms with Gasteiger partial charge in [-0.15, -0.1) is 0 Å². The van der Waals surface area contributed by atoms with Gasteiger partial charge < -0.3 is 15.2 Å². The Bertz CT molecular complexity index is 1210. The lowest BCUT2D eigenvalue weighted by Crippen LogP contribution is -2.49. The summed E-state index contributed by atoms with van der Waals surface area (Å²) >= 11 is 0. The summed E-state index contributed by atoms with van der Waals surface area (Å²) in [5.41, 5.74) is 5.41. The molecule has 34 heavy (non-hydrogen) atoms. The topological polar surface area (TPSA) is 97.1 Å². The second kappa shape index (κ2) is 9.99. The fourth-order valence-corrected chi connectivity index (χ4v) is 4.32. The summed E-state index contributed by atoms with van der Waals surface area (Å²) in [6.45, 7) is 5.65. The quantitative estimate of drug-likeness (QED) is 0.534. The third-order valence-electron chi connectivity index (χ3n) is 6.22. The van der Waals surface area contributed by atoms with Crippen LogP contribution in [0.1, 0.15) is 46.6 Å². The minimum atomic E-state index is -0.839. The van der Waals surface area contributed by atoms with Crippen molar-refractivity contribution in [3.8, 4) is 11.1 Å². The lowest BCUT2D eigenvalue weighted by Gasteiger charge is -2.28. The molecule has 2 N–H and O–H groups in total. The SMILES string of the molecule is Cc1ccnc(C)c1-c1ccc(NC(=O)C(NC(=O)c2conc2C)[C@@H]2CC=C(F)CC2)cc1. The van der Waals surface area contributed by atoms with Crippen LogP contribution < -0.4 is 10.6 Å². The van der Waals surface area contributed by atoms with Gasteiger partial charge in [0.15, 0.2) is 0 Å². The van der Waals surface area contributed by atoms with Crippen molar-refractivity contribution in [2.75, 3.05) is 5.32 Å². The van der Waals surface area contributed by atoms with Gasteiger partial charge in [0, 0.05) is 23.1 Å². The number of nitrogens with zero attached hydrogens (tertiary/aromatic N) is 2. The highest BCUT2D eigenvalue weighted by Gasteiger charge is 2.32. The molecule has 0 radical (unpaired) electrons. The second-order valence-corrected chi connectivity index (χ2v) is 8.61. The summed E-state index contributed by atoms with van der Waals surface area (Å²) in [5.74, 6) is -1.23. The maximum absolute atomic E-state index is 13.6. The molecule has 0 spiro atoms. The number of rotatable bonds is 6. The average molecular weight is 463 g/mol. The first kappa shape index (κ1) is 23.4. The number of allylic oxidation sites excluding steroid dienone is 2. The molecule has 0 saturated heterocycles. The van der Waals surface area contributed by atoms with Crippen LogP contribution in [0.25, 0.3) is 11.1 Å². The molecule has 2 heterocycles. The van der Waals surface area contributed by atoms with E-state index >= 15 is 0 Å². The Hall–Kier alpha value is -3.81. The van der Waals surface area contributed by atoms with Gasteiger partial charge >= 0.3 is 0 Å². The van der Waals surface area contributed by atoms with Crippen molar-refractivity contribution in [2.24, 2.45) is 5.92 Å². The van der Waals surface area contributed by atoms with Gasteiger partial charge in [-0.3, -0.25) is 14.6 Å². The lowest BCUT2D eigenvalue weighted by molar-refractivity contribution is -0.119. The highest BCUT2D eigenvalue weighted by molar-refractivity contribution is 6.01. The molecule has 8 heteroatoms. The van der Waals surface area contributed by atoms with Crippen LogP contribution in [0.5, 0.6) is 0 Å². The van der Waals surface area contributed by atoms with Crippen LogP contribution in [0, 0.1) is 26.7 Å². The Morgan fingerprint density at radius 2 is 1.88 bits per heavy atom. The van der Waals surface area contributed by atoms with Crippen molar-refractivity contribution in [1.29, 1.82) is 0 Å². The molecule has 3 aromatic rings. The van der Waals surface area contributed by atoms with Crippen molar-refractivity contribution in [2.45, 2.75) is 46.1 Å². The van der Waals surface area contributed by atoms with E-state index in [-0.39, 0.29) is 29.6 Å². The van der Waals surface area contributed by atoms with Crippen LogP contribution in [-0.4, -0.2) is 28.0 Å². The maximum Gasteiger partial charge on any atom is 0.257 e. The van der Waals surface area contributed by atoms with Crippen LogP contribution >= 0.6 is 0 Å². The third kappa shape index (κ3) is 5.06. The zero-order chi connectivity index (χ0) is 24.2. The number of hydrogen-bond acceptors (Lipinski definition) is 5. The minimum Gasteiger partial charge on any atom is -0.364 e. The summed E-state index contributed by atoms with van der Waals surface area (Å²) in [4.78, 5) is 30.4. The molecule has 7 nitrogen and oxygen atoms in total. The van der Waals surface area contributed by atoms with E-state index in [4.69, 9.17) is 4.52 Å². The first-order valence-corrected chi connectivity index (χ1v) is 11.2. The Morgan fingerprint density at radius 1 is 1.12 bits per heavy atom. The van der Waals surface area contributed by atoms with Crippen molar-refractivity contribution in [3.05, 3.63) is 77.2 Å². The van der Waals surface area contributed by atoms with E-state index in [0.29, 0.717) is 24.2 Å². The number of hydrogen-bond donors (Lipinski definition) is 2. The van der Waals surface area contributed by atoms with Crippen LogP contribution in [0.4, 0.5) is 10.1 Å². The molecule has 2 atom stereocenters. The Labute approximate surface area is 197 Å². The summed E-state index contributed by atoms with van der Waals surface area (Å²) in [6, 6.07) is 8.63. The number of pyridine rings is 1. The van der Waals surface area contributed by atoms with Gasteiger partial charge in [0.25, 0.3) is 5.91 Å². The molecule has 0 saturated carbocycles. The molecule has 1 aliphatic rings. The number of amides is 2. The van der Waals surface area contributed by atoms with Gasteiger partial charge in [-0.2, -0.15) is 0 Å². The maximum atomic E-state index is 13.6. The monoisotopic (exact) mass is 462 g/mol. The van der Waals surface area contributed by atoms with Crippen molar-refractivity contribution in [3.63, 3.8) is 0 Å². The van der Waals surface area contributed by atoms with E-state index < -0.39 is 11.9 Å². The summed E-state index contributed by atoms with van der Waals surface area (Å²) in [5, 5.41) is 9.43. The number of carbonyl (C=O) groups excluding carboxylic acids is 2. The normalized spacial score (nSPS) is 16.5. The van der Waals surface area contributed by atoms with E-state index in [0.717, 1.165) is 22.4 Å². The van der Waals surface area contributed by atoms with Crippen molar-refractivity contribution < 1.29 is 18.5 Å². The third-order valence-corrected chi connectivity index (χ3v) is 6.22. The second-order valence-electron chi connectivity index (χ2n) is 8.61. The molecule has 0 fully saturated rings. The molecule has 1 aromatic carbocycles. The van der Waals surface area contributed by atoms with E-state index in [2.05, 4.69) is 20.8 Å². The molecule has 4 rings (SSSR count). The molecule has 2 amide bonds. The number of benzene rings is 1. The fourth-order valence-electron chi connectivity index (χ4n) is 4.32. The number of aromatic nitrogens is 2. The first-order valence-electron chi connectivity index (χ1n) is 11.2. The van der Waals surface area contributed by atoms with Crippen LogP contribution in [-0.2, 0) is 4.79 Å². The zero-order valence-corrected chi connectivity index (χ0v) is 19.4. The van der Waals surface area contributed by atoms with Gasteiger partial charge in [-0.25, -0.2) is 4.39 Å². The molecular formula is C26H27FN4O3. The molecule has 1 unspecified atom stereocenters. The largest absolute Gasteiger partial charge is 0.364 e. The van der Waals surface area contributed by atoms with Gasteiger partial charge in [0.1, 0.15) is 17.9 Å². The predicted octanol–water partition coefficient (Wildman–Crippen LogP) is 5.05. The number of carbonyl (C=O) groups is 2. The number of aryl methyl sites for hydroxylation is 3. The molecule has 1 aliphatic carbocycles. The Morgan fingerprint density at radius 3 is 2.50 bits per heavy atom. The first-order chi connectivity index (χ1) is 16.3. The lowest BCUT2D eigenvalue weighted by atomic mass is 9.86. The van der Waals surface area contributed by atoms with Gasteiger partial charge in [0.05, 0.1) is 11.5 Å². The van der Waals surface area contributed by atoms with E-state index in [1.807, 2.05) is 44.2 Å². The van der Waals surface area contributed by atoms with Gasteiger partial charge in [0.2, 0.25) is 5.91 Å². The Balaban J connectivity index is 1.53. The summed E-state index contributed by atoms with van der Waals surface area (Å²) in [6.07, 6.45) is 5.59. The smallest absolute Gasteiger partial charge is 0.257 e.